The number of likely N-dealkylation sites (tertiary alicyclic amines) is 1. The Balaban J connectivity index is 1.88. The third-order valence-electron chi connectivity index (χ3n) is 4.19. The Hall–Kier alpha value is -2.02. The molecule has 4 nitrogen and oxygen atoms in total. The number of nitriles is 1. The van der Waals surface area contributed by atoms with Crippen molar-refractivity contribution < 1.29 is 4.79 Å². The summed E-state index contributed by atoms with van der Waals surface area (Å²) in [4.78, 5) is 16.1. The average Bonchev–Trinajstić information content (AvgIpc) is 3.05. The molecular weight excluding hydrogens is 238 g/mol. The normalized spacial score (nSPS) is 21.4. The fourth-order valence-electron chi connectivity index (χ4n) is 3.16. The monoisotopic (exact) mass is 255 g/mol. The van der Waals surface area contributed by atoms with Gasteiger partial charge < -0.3 is 4.90 Å². The Labute approximate surface area is 113 Å². The molecule has 1 unspecified atom stereocenters. The maximum atomic E-state index is 12.6. The SMILES string of the molecule is Cc1cccc2c1CCN2C(=O)C1CCCN1C#N. The summed E-state index contributed by atoms with van der Waals surface area (Å²) in [5.41, 5.74) is 3.56. The maximum absolute atomic E-state index is 12.6. The van der Waals surface area contributed by atoms with Gasteiger partial charge in [-0.1, -0.05) is 12.1 Å². The minimum Gasteiger partial charge on any atom is -0.310 e. The standard InChI is InChI=1S/C15H17N3O/c1-11-4-2-5-13-12(11)7-9-18(13)15(19)14-6-3-8-17(14)10-16/h2,4-5,14H,3,6-9H2,1H3. The number of amides is 1. The summed E-state index contributed by atoms with van der Waals surface area (Å²) in [5.74, 6) is 0.0865. The van der Waals surface area contributed by atoms with Crippen molar-refractivity contribution >= 4 is 11.6 Å². The molecule has 1 atom stereocenters. The lowest BCUT2D eigenvalue weighted by molar-refractivity contribution is -0.121. The van der Waals surface area contributed by atoms with Crippen LogP contribution < -0.4 is 4.90 Å². The number of anilines is 1. The molecule has 0 aromatic heterocycles. The van der Waals surface area contributed by atoms with Crippen LogP contribution in [-0.4, -0.2) is 29.9 Å². The van der Waals surface area contributed by atoms with Gasteiger partial charge in [0.25, 0.3) is 0 Å². The number of rotatable bonds is 1. The molecule has 0 N–H and O–H groups in total. The quantitative estimate of drug-likeness (QED) is 0.719. The highest BCUT2D eigenvalue weighted by Crippen LogP contribution is 2.32. The van der Waals surface area contributed by atoms with E-state index in [1.165, 1.54) is 11.1 Å². The molecule has 4 heteroatoms. The van der Waals surface area contributed by atoms with E-state index < -0.39 is 0 Å². The van der Waals surface area contributed by atoms with Crippen molar-refractivity contribution in [2.45, 2.75) is 32.2 Å². The van der Waals surface area contributed by atoms with Crippen molar-refractivity contribution in [2.24, 2.45) is 0 Å². The van der Waals surface area contributed by atoms with Gasteiger partial charge in [0.1, 0.15) is 6.04 Å². The Kier molecular flexibility index (Phi) is 2.90. The molecule has 1 aromatic carbocycles. The lowest BCUT2D eigenvalue weighted by Gasteiger charge is -2.24. The Morgan fingerprint density at radius 2 is 2.26 bits per heavy atom. The van der Waals surface area contributed by atoms with E-state index in [0.29, 0.717) is 6.54 Å². The second-order valence-corrected chi connectivity index (χ2v) is 5.26. The minimum absolute atomic E-state index is 0.0865. The molecule has 1 amide bonds. The molecule has 2 heterocycles. The van der Waals surface area contributed by atoms with Gasteiger partial charge in [-0.15, -0.1) is 0 Å². The van der Waals surface area contributed by atoms with Crippen LogP contribution in [0.2, 0.25) is 0 Å². The number of hydrogen-bond donors (Lipinski definition) is 0. The third kappa shape index (κ3) is 1.86. The summed E-state index contributed by atoms with van der Waals surface area (Å²) in [6.07, 6.45) is 4.79. The van der Waals surface area contributed by atoms with Crippen LogP contribution in [-0.2, 0) is 11.2 Å². The molecule has 1 saturated heterocycles. The van der Waals surface area contributed by atoms with Crippen LogP contribution >= 0.6 is 0 Å². The summed E-state index contributed by atoms with van der Waals surface area (Å²) in [5, 5.41) is 9.07. The van der Waals surface area contributed by atoms with Crippen molar-refractivity contribution in [3.05, 3.63) is 29.3 Å². The lowest BCUT2D eigenvalue weighted by atomic mass is 10.1. The first kappa shape index (κ1) is 12.0. The molecule has 0 radical (unpaired) electrons. The molecule has 1 fully saturated rings. The van der Waals surface area contributed by atoms with Gasteiger partial charge >= 0.3 is 0 Å². The van der Waals surface area contributed by atoms with Crippen LogP contribution in [0.4, 0.5) is 5.69 Å². The first-order valence-electron chi connectivity index (χ1n) is 6.78. The Bertz CT molecular complexity index is 561. The highest BCUT2D eigenvalue weighted by atomic mass is 16.2. The molecule has 3 rings (SSSR count). The highest BCUT2D eigenvalue weighted by Gasteiger charge is 2.36. The summed E-state index contributed by atoms with van der Waals surface area (Å²) in [7, 11) is 0. The highest BCUT2D eigenvalue weighted by molar-refractivity contribution is 5.99. The van der Waals surface area contributed by atoms with Gasteiger partial charge in [0, 0.05) is 18.8 Å². The average molecular weight is 255 g/mol. The topological polar surface area (TPSA) is 47.3 Å². The van der Waals surface area contributed by atoms with Gasteiger partial charge in [0.05, 0.1) is 0 Å². The number of hydrogen-bond acceptors (Lipinski definition) is 3. The number of carbonyl (C=O) groups excluding carboxylic acids is 1. The molecule has 1 aromatic rings. The smallest absolute Gasteiger partial charge is 0.250 e. The van der Waals surface area contributed by atoms with Crippen molar-refractivity contribution in [1.29, 1.82) is 5.26 Å². The van der Waals surface area contributed by atoms with Gasteiger partial charge in [-0.2, -0.15) is 5.26 Å². The number of aryl methyl sites for hydroxylation is 1. The zero-order valence-electron chi connectivity index (χ0n) is 11.1. The molecule has 2 aliphatic rings. The zero-order chi connectivity index (χ0) is 13.4. The van der Waals surface area contributed by atoms with E-state index in [2.05, 4.69) is 19.2 Å². The van der Waals surface area contributed by atoms with E-state index in [4.69, 9.17) is 5.26 Å². The number of benzene rings is 1. The second-order valence-electron chi connectivity index (χ2n) is 5.26. The van der Waals surface area contributed by atoms with Crippen molar-refractivity contribution in [2.75, 3.05) is 18.0 Å². The van der Waals surface area contributed by atoms with Gasteiger partial charge in [0.15, 0.2) is 6.19 Å². The predicted octanol–water partition coefficient (Wildman–Crippen LogP) is 1.83. The van der Waals surface area contributed by atoms with E-state index >= 15 is 0 Å². The Morgan fingerprint density at radius 3 is 3.05 bits per heavy atom. The first-order valence-corrected chi connectivity index (χ1v) is 6.78. The van der Waals surface area contributed by atoms with Crippen LogP contribution in [0, 0.1) is 18.4 Å². The van der Waals surface area contributed by atoms with E-state index in [1.54, 1.807) is 4.90 Å². The molecule has 0 spiro atoms. The van der Waals surface area contributed by atoms with Crippen LogP contribution in [0.15, 0.2) is 18.2 Å². The summed E-state index contributed by atoms with van der Waals surface area (Å²) in [6.45, 7) is 3.54. The van der Waals surface area contributed by atoms with Gasteiger partial charge in [0.2, 0.25) is 5.91 Å². The first-order chi connectivity index (χ1) is 9.22. The third-order valence-corrected chi connectivity index (χ3v) is 4.19. The number of fused-ring (bicyclic) bond motifs is 1. The van der Waals surface area contributed by atoms with E-state index in [-0.39, 0.29) is 11.9 Å². The van der Waals surface area contributed by atoms with E-state index in [0.717, 1.165) is 31.5 Å². The van der Waals surface area contributed by atoms with Crippen molar-refractivity contribution in [3.63, 3.8) is 0 Å². The molecule has 0 bridgehead atoms. The van der Waals surface area contributed by atoms with Crippen molar-refractivity contribution in [3.8, 4) is 6.19 Å². The fraction of sp³-hybridized carbons (Fsp3) is 0.467. The van der Waals surface area contributed by atoms with Gasteiger partial charge in [-0.05, 0) is 43.4 Å². The summed E-state index contributed by atoms with van der Waals surface area (Å²) < 4.78 is 0. The fourth-order valence-corrected chi connectivity index (χ4v) is 3.16. The van der Waals surface area contributed by atoms with E-state index in [1.807, 2.05) is 17.0 Å². The zero-order valence-corrected chi connectivity index (χ0v) is 11.1. The van der Waals surface area contributed by atoms with E-state index in [9.17, 15) is 4.79 Å². The molecule has 2 aliphatic heterocycles. The predicted molar refractivity (Wildman–Crippen MR) is 72.6 cm³/mol. The maximum Gasteiger partial charge on any atom is 0.250 e. The van der Waals surface area contributed by atoms with Gasteiger partial charge in [-0.25, -0.2) is 0 Å². The molecule has 19 heavy (non-hydrogen) atoms. The largest absolute Gasteiger partial charge is 0.310 e. The number of nitrogens with zero attached hydrogens (tertiary/aromatic N) is 3. The molecule has 98 valence electrons. The summed E-state index contributed by atoms with van der Waals surface area (Å²) >= 11 is 0. The summed E-state index contributed by atoms with van der Waals surface area (Å²) in [6, 6.07) is 5.84. The molecular formula is C15H17N3O. The van der Waals surface area contributed by atoms with Crippen LogP contribution in [0.5, 0.6) is 0 Å². The second kappa shape index (κ2) is 4.58. The minimum atomic E-state index is -0.253. The molecule has 0 aliphatic carbocycles. The van der Waals surface area contributed by atoms with Crippen LogP contribution in [0.3, 0.4) is 0 Å². The number of carbonyl (C=O) groups is 1. The lowest BCUT2D eigenvalue weighted by Crippen LogP contribution is -2.43. The van der Waals surface area contributed by atoms with Crippen molar-refractivity contribution in [1.82, 2.24) is 4.90 Å². The van der Waals surface area contributed by atoms with Crippen LogP contribution in [0.1, 0.15) is 24.0 Å². The van der Waals surface area contributed by atoms with Crippen LogP contribution in [0.25, 0.3) is 0 Å². The van der Waals surface area contributed by atoms with Gasteiger partial charge in [-0.3, -0.25) is 9.69 Å². The Morgan fingerprint density at radius 1 is 1.42 bits per heavy atom. The molecule has 0 saturated carbocycles.